The van der Waals surface area contributed by atoms with Crippen LogP contribution in [0.25, 0.3) is 22.3 Å². The topological polar surface area (TPSA) is 69.3 Å². The Labute approximate surface area is 114 Å². The Kier molecular flexibility index (Phi) is 2.29. The van der Waals surface area contributed by atoms with Crippen molar-refractivity contribution in [3.8, 4) is 28.5 Å². The van der Waals surface area contributed by atoms with Gasteiger partial charge in [0.25, 0.3) is 0 Å². The standard InChI is InChI=1S/C14H11N3O3/c1-18-10-5-12-11(19-7-20-12)4-9(10)13-8-2-3-15-14(8)17-6-16-13/h2-6H,7H2,1H3,(H,15,16,17). The molecule has 3 heterocycles. The molecule has 1 aromatic carbocycles. The fraction of sp³-hybridized carbons (Fsp3) is 0.143. The summed E-state index contributed by atoms with van der Waals surface area (Å²) in [7, 11) is 1.62. The van der Waals surface area contributed by atoms with Crippen molar-refractivity contribution in [2.24, 2.45) is 0 Å². The van der Waals surface area contributed by atoms with E-state index in [2.05, 4.69) is 15.0 Å². The predicted octanol–water partition coefficient (Wildman–Crippen LogP) is 2.36. The van der Waals surface area contributed by atoms with Crippen LogP contribution in [0.5, 0.6) is 17.2 Å². The Morgan fingerprint density at radius 3 is 2.90 bits per heavy atom. The van der Waals surface area contributed by atoms with Gasteiger partial charge in [-0.1, -0.05) is 0 Å². The number of hydrogen-bond donors (Lipinski definition) is 1. The van der Waals surface area contributed by atoms with Crippen molar-refractivity contribution < 1.29 is 14.2 Å². The lowest BCUT2D eigenvalue weighted by Gasteiger charge is -2.10. The zero-order chi connectivity index (χ0) is 13.5. The largest absolute Gasteiger partial charge is 0.496 e. The summed E-state index contributed by atoms with van der Waals surface area (Å²) in [5.41, 5.74) is 2.44. The van der Waals surface area contributed by atoms with Crippen molar-refractivity contribution in [3.05, 3.63) is 30.7 Å². The number of nitrogens with zero attached hydrogens (tertiary/aromatic N) is 2. The van der Waals surface area contributed by atoms with Gasteiger partial charge >= 0.3 is 0 Å². The van der Waals surface area contributed by atoms with Gasteiger partial charge in [-0.3, -0.25) is 0 Å². The van der Waals surface area contributed by atoms with Crippen LogP contribution in [0.15, 0.2) is 30.7 Å². The Morgan fingerprint density at radius 2 is 2.05 bits per heavy atom. The molecule has 6 heteroatoms. The summed E-state index contributed by atoms with van der Waals surface area (Å²) < 4.78 is 16.2. The maximum atomic E-state index is 5.44. The van der Waals surface area contributed by atoms with Gasteiger partial charge in [0.1, 0.15) is 17.7 Å². The highest BCUT2D eigenvalue weighted by atomic mass is 16.7. The van der Waals surface area contributed by atoms with Crippen molar-refractivity contribution >= 4 is 11.0 Å². The van der Waals surface area contributed by atoms with Gasteiger partial charge in [-0.15, -0.1) is 0 Å². The smallest absolute Gasteiger partial charge is 0.231 e. The summed E-state index contributed by atoms with van der Waals surface area (Å²) in [5.74, 6) is 2.07. The highest BCUT2D eigenvalue weighted by Gasteiger charge is 2.20. The predicted molar refractivity (Wildman–Crippen MR) is 72.0 cm³/mol. The third kappa shape index (κ3) is 1.51. The molecule has 20 heavy (non-hydrogen) atoms. The zero-order valence-electron chi connectivity index (χ0n) is 10.7. The van der Waals surface area contributed by atoms with Crippen LogP contribution < -0.4 is 14.2 Å². The number of benzene rings is 1. The second kappa shape index (κ2) is 4.12. The van der Waals surface area contributed by atoms with Crippen molar-refractivity contribution in [2.75, 3.05) is 13.9 Å². The quantitative estimate of drug-likeness (QED) is 0.773. The maximum absolute atomic E-state index is 5.44. The van der Waals surface area contributed by atoms with E-state index in [9.17, 15) is 0 Å². The van der Waals surface area contributed by atoms with E-state index in [1.165, 1.54) is 6.33 Å². The number of H-pyrrole nitrogens is 1. The maximum Gasteiger partial charge on any atom is 0.231 e. The van der Waals surface area contributed by atoms with Crippen LogP contribution >= 0.6 is 0 Å². The lowest BCUT2D eigenvalue weighted by atomic mass is 10.1. The summed E-state index contributed by atoms with van der Waals surface area (Å²) in [6, 6.07) is 5.64. The van der Waals surface area contributed by atoms with E-state index in [0.29, 0.717) is 17.2 Å². The second-order valence-corrected chi connectivity index (χ2v) is 4.37. The van der Waals surface area contributed by atoms with Gasteiger partial charge in [0.2, 0.25) is 6.79 Å². The third-order valence-electron chi connectivity index (χ3n) is 3.30. The first-order valence-corrected chi connectivity index (χ1v) is 6.13. The Balaban J connectivity index is 2.00. The van der Waals surface area contributed by atoms with Crippen molar-refractivity contribution in [2.45, 2.75) is 0 Å². The molecule has 0 amide bonds. The van der Waals surface area contributed by atoms with Crippen LogP contribution in [0.2, 0.25) is 0 Å². The van der Waals surface area contributed by atoms with Crippen LogP contribution in [0.4, 0.5) is 0 Å². The SMILES string of the molecule is COc1cc2c(cc1-c1ncnc3[nH]ccc13)OCO2. The molecule has 0 saturated heterocycles. The van der Waals surface area contributed by atoms with Gasteiger partial charge < -0.3 is 19.2 Å². The van der Waals surface area contributed by atoms with Crippen LogP contribution in [-0.2, 0) is 0 Å². The molecule has 1 aliphatic rings. The molecular formula is C14H11N3O3. The van der Waals surface area contributed by atoms with E-state index in [-0.39, 0.29) is 6.79 Å². The van der Waals surface area contributed by atoms with Gasteiger partial charge in [0.05, 0.1) is 12.8 Å². The molecule has 0 saturated carbocycles. The molecule has 0 fully saturated rings. The number of methoxy groups -OCH3 is 1. The highest BCUT2D eigenvalue weighted by molar-refractivity contribution is 5.92. The molecule has 100 valence electrons. The fourth-order valence-corrected chi connectivity index (χ4v) is 2.36. The van der Waals surface area contributed by atoms with E-state index in [0.717, 1.165) is 22.3 Å². The molecular weight excluding hydrogens is 258 g/mol. The second-order valence-electron chi connectivity index (χ2n) is 4.37. The number of fused-ring (bicyclic) bond motifs is 2. The number of aromatic amines is 1. The molecule has 0 spiro atoms. The molecule has 0 atom stereocenters. The monoisotopic (exact) mass is 269 g/mol. The molecule has 0 aliphatic carbocycles. The molecule has 0 unspecified atom stereocenters. The average Bonchev–Trinajstić information content (AvgIpc) is 3.13. The number of rotatable bonds is 2. The van der Waals surface area contributed by atoms with Crippen LogP contribution in [-0.4, -0.2) is 28.9 Å². The van der Waals surface area contributed by atoms with E-state index in [1.807, 2.05) is 24.4 Å². The van der Waals surface area contributed by atoms with Crippen LogP contribution in [0.3, 0.4) is 0 Å². The first kappa shape index (κ1) is 11.1. The number of nitrogens with one attached hydrogen (secondary N) is 1. The lowest BCUT2D eigenvalue weighted by Crippen LogP contribution is -1.93. The van der Waals surface area contributed by atoms with Crippen LogP contribution in [0, 0.1) is 0 Å². The van der Waals surface area contributed by atoms with Gasteiger partial charge in [-0.25, -0.2) is 9.97 Å². The molecule has 6 nitrogen and oxygen atoms in total. The van der Waals surface area contributed by atoms with Crippen molar-refractivity contribution in [1.82, 2.24) is 15.0 Å². The number of ether oxygens (including phenoxy) is 3. The van der Waals surface area contributed by atoms with E-state index < -0.39 is 0 Å². The minimum absolute atomic E-state index is 0.227. The molecule has 3 aromatic rings. The molecule has 1 aliphatic heterocycles. The average molecular weight is 269 g/mol. The van der Waals surface area contributed by atoms with Crippen molar-refractivity contribution in [1.29, 1.82) is 0 Å². The molecule has 2 aromatic heterocycles. The Morgan fingerprint density at radius 1 is 1.20 bits per heavy atom. The van der Waals surface area contributed by atoms with Gasteiger partial charge in [-0.2, -0.15) is 0 Å². The van der Waals surface area contributed by atoms with Crippen LogP contribution in [0.1, 0.15) is 0 Å². The van der Waals surface area contributed by atoms with E-state index in [4.69, 9.17) is 14.2 Å². The summed E-state index contributed by atoms with van der Waals surface area (Å²) in [4.78, 5) is 11.6. The lowest BCUT2D eigenvalue weighted by molar-refractivity contribution is 0.174. The molecule has 1 N–H and O–H groups in total. The van der Waals surface area contributed by atoms with Gasteiger partial charge in [0, 0.05) is 23.2 Å². The Bertz CT molecular complexity index is 797. The highest BCUT2D eigenvalue weighted by Crippen LogP contribution is 2.43. The molecule has 0 bridgehead atoms. The molecule has 4 rings (SSSR count). The van der Waals surface area contributed by atoms with E-state index in [1.54, 1.807) is 7.11 Å². The third-order valence-corrected chi connectivity index (χ3v) is 3.30. The summed E-state index contributed by atoms with van der Waals surface area (Å²) in [5, 5.41) is 0.935. The van der Waals surface area contributed by atoms with Gasteiger partial charge in [0.15, 0.2) is 11.5 Å². The normalized spacial score (nSPS) is 12.8. The van der Waals surface area contributed by atoms with Gasteiger partial charge in [-0.05, 0) is 12.1 Å². The first-order valence-electron chi connectivity index (χ1n) is 6.13. The number of hydrogen-bond acceptors (Lipinski definition) is 5. The summed E-state index contributed by atoms with van der Waals surface area (Å²) in [6.45, 7) is 0.227. The minimum Gasteiger partial charge on any atom is -0.496 e. The minimum atomic E-state index is 0.227. The van der Waals surface area contributed by atoms with Crippen molar-refractivity contribution in [3.63, 3.8) is 0 Å². The fourth-order valence-electron chi connectivity index (χ4n) is 2.36. The summed E-state index contributed by atoms with van der Waals surface area (Å²) >= 11 is 0. The number of aromatic nitrogens is 3. The Hall–Kier alpha value is -2.76. The summed E-state index contributed by atoms with van der Waals surface area (Å²) in [6.07, 6.45) is 3.36. The zero-order valence-corrected chi connectivity index (χ0v) is 10.7. The van der Waals surface area contributed by atoms with E-state index >= 15 is 0 Å². The molecule has 0 radical (unpaired) electrons. The first-order chi connectivity index (χ1) is 9.86.